The van der Waals surface area contributed by atoms with Crippen molar-refractivity contribution in [2.24, 2.45) is 0 Å². The molecule has 0 aliphatic carbocycles. The third-order valence-electron chi connectivity index (χ3n) is 7.18. The zero-order valence-corrected chi connectivity index (χ0v) is 22.1. The maximum absolute atomic E-state index is 14.9. The van der Waals surface area contributed by atoms with E-state index in [0.717, 1.165) is 11.8 Å². The Labute approximate surface area is 206 Å². The molecule has 1 unspecified atom stereocenters. The molecule has 1 aliphatic heterocycles. The lowest BCUT2D eigenvalue weighted by molar-refractivity contribution is 0.0528. The second-order valence-corrected chi connectivity index (χ2v) is 15.3. The molecule has 2 aromatic heterocycles. The van der Waals surface area contributed by atoms with Crippen LogP contribution in [0.3, 0.4) is 0 Å². The molecule has 9 heteroatoms. The summed E-state index contributed by atoms with van der Waals surface area (Å²) in [6, 6.07) is 6.86. The average Bonchev–Trinajstić information content (AvgIpc) is 3.38. The van der Waals surface area contributed by atoms with Crippen LogP contribution >= 0.6 is 0 Å². The van der Waals surface area contributed by atoms with Crippen LogP contribution in [0, 0.1) is 11.6 Å². The van der Waals surface area contributed by atoms with E-state index in [4.69, 9.17) is 9.16 Å². The lowest BCUT2D eigenvalue weighted by Crippen LogP contribution is -2.44. The summed E-state index contributed by atoms with van der Waals surface area (Å²) in [6.45, 7) is 13.5. The van der Waals surface area contributed by atoms with Gasteiger partial charge in [0, 0.05) is 24.0 Å². The maximum atomic E-state index is 14.9. The molecule has 0 amide bonds. The van der Waals surface area contributed by atoms with E-state index < -0.39 is 32.0 Å². The highest BCUT2D eigenvalue weighted by Gasteiger charge is 2.43. The van der Waals surface area contributed by atoms with E-state index in [1.807, 2.05) is 17.0 Å². The summed E-state index contributed by atoms with van der Waals surface area (Å²) < 4.78 is 42.6. The first-order valence-electron chi connectivity index (χ1n) is 11.9. The van der Waals surface area contributed by atoms with Gasteiger partial charge in [0.05, 0.1) is 30.5 Å². The number of rotatable bonds is 6. The van der Waals surface area contributed by atoms with Gasteiger partial charge in [-0.25, -0.2) is 18.1 Å². The van der Waals surface area contributed by atoms with Crippen LogP contribution in [0.15, 0.2) is 42.7 Å². The molecule has 1 aromatic carbocycles. The number of anilines is 1. The molecule has 0 N–H and O–H groups in total. The number of nitrogens with zero attached hydrogens (tertiary/aromatic N) is 3. The van der Waals surface area contributed by atoms with Gasteiger partial charge in [0.15, 0.2) is 8.32 Å². The standard InChI is InChI=1S/C26H33F2N3O3Si/c1-7-33-25(32)21-15-29-31-11-10-18(13-24(21)31)30-16-19(34-35(5,6)26(2,3)4)14-23(30)20-12-17(27)8-9-22(20)28/h8-13,15,19,23H,7,14,16H2,1-6H3/t19?,23-/m1/s1. The molecule has 3 heterocycles. The van der Waals surface area contributed by atoms with Gasteiger partial charge in [-0.3, -0.25) is 0 Å². The number of esters is 1. The SMILES string of the molecule is CCOC(=O)c1cnn2ccc(N3CC(O[Si](C)(C)C(C)(C)C)C[C@@H]3c3cc(F)ccc3F)cc12. The predicted molar refractivity (Wildman–Crippen MR) is 134 cm³/mol. The van der Waals surface area contributed by atoms with Crippen LogP contribution < -0.4 is 4.90 Å². The van der Waals surface area contributed by atoms with Crippen LogP contribution in [0.1, 0.15) is 56.1 Å². The lowest BCUT2D eigenvalue weighted by atomic mass is 10.0. The van der Waals surface area contributed by atoms with Gasteiger partial charge < -0.3 is 14.1 Å². The minimum atomic E-state index is -2.09. The Hall–Kier alpha value is -2.78. The van der Waals surface area contributed by atoms with Gasteiger partial charge in [-0.15, -0.1) is 0 Å². The predicted octanol–water partition coefficient (Wildman–Crippen LogP) is 6.13. The molecular formula is C26H33F2N3O3Si. The van der Waals surface area contributed by atoms with Crippen molar-refractivity contribution >= 4 is 25.5 Å². The number of carbonyl (C=O) groups is 1. The number of ether oxygens (including phenoxy) is 1. The van der Waals surface area contributed by atoms with Gasteiger partial charge in [0.1, 0.15) is 17.2 Å². The van der Waals surface area contributed by atoms with Crippen molar-refractivity contribution in [2.75, 3.05) is 18.1 Å². The Balaban J connectivity index is 1.75. The molecule has 1 aliphatic rings. The average molecular weight is 502 g/mol. The van der Waals surface area contributed by atoms with Gasteiger partial charge in [-0.05, 0) is 61.8 Å². The number of halogens is 2. The number of pyridine rings is 1. The van der Waals surface area contributed by atoms with Crippen LogP contribution in [0.5, 0.6) is 0 Å². The molecule has 188 valence electrons. The van der Waals surface area contributed by atoms with Crippen molar-refractivity contribution in [1.29, 1.82) is 0 Å². The fraction of sp³-hybridized carbons (Fsp3) is 0.462. The van der Waals surface area contributed by atoms with Crippen molar-refractivity contribution in [3.8, 4) is 0 Å². The van der Waals surface area contributed by atoms with Gasteiger partial charge >= 0.3 is 5.97 Å². The highest BCUT2D eigenvalue weighted by molar-refractivity contribution is 6.74. The second-order valence-electron chi connectivity index (χ2n) is 10.6. The molecule has 0 bridgehead atoms. The smallest absolute Gasteiger partial charge is 0.341 e. The summed E-state index contributed by atoms with van der Waals surface area (Å²) in [5.41, 5.74) is 2.02. The van der Waals surface area contributed by atoms with E-state index >= 15 is 0 Å². The Kier molecular flexibility index (Phi) is 6.76. The van der Waals surface area contributed by atoms with Crippen LogP contribution in [0.4, 0.5) is 14.5 Å². The third-order valence-corrected chi connectivity index (χ3v) is 11.7. The number of carbonyl (C=O) groups excluding carboxylic acids is 1. The molecule has 0 saturated carbocycles. The monoisotopic (exact) mass is 501 g/mol. The molecule has 0 radical (unpaired) electrons. The normalized spacial score (nSPS) is 18.9. The molecule has 1 fully saturated rings. The van der Waals surface area contributed by atoms with Crippen molar-refractivity contribution in [3.05, 3.63) is 65.5 Å². The minimum absolute atomic E-state index is 0.0189. The van der Waals surface area contributed by atoms with Crippen molar-refractivity contribution in [2.45, 2.75) is 64.4 Å². The van der Waals surface area contributed by atoms with E-state index in [1.165, 1.54) is 18.3 Å². The summed E-state index contributed by atoms with van der Waals surface area (Å²) in [7, 11) is -2.09. The highest BCUT2D eigenvalue weighted by Crippen LogP contribution is 2.43. The summed E-state index contributed by atoms with van der Waals surface area (Å²) in [6.07, 6.45) is 3.62. The van der Waals surface area contributed by atoms with E-state index in [2.05, 4.69) is 39.0 Å². The quantitative estimate of drug-likeness (QED) is 0.300. The molecule has 1 saturated heterocycles. The molecule has 6 nitrogen and oxygen atoms in total. The maximum Gasteiger partial charge on any atom is 0.341 e. The van der Waals surface area contributed by atoms with Crippen molar-refractivity contribution < 1.29 is 22.7 Å². The summed E-state index contributed by atoms with van der Waals surface area (Å²) in [4.78, 5) is 14.5. The number of benzene rings is 1. The second kappa shape index (κ2) is 9.35. The molecule has 35 heavy (non-hydrogen) atoms. The highest BCUT2D eigenvalue weighted by atomic mass is 28.4. The summed E-state index contributed by atoms with van der Waals surface area (Å²) >= 11 is 0. The van der Waals surface area contributed by atoms with Crippen LogP contribution in [0.25, 0.3) is 5.52 Å². The molecule has 0 spiro atoms. The molecule has 2 atom stereocenters. The summed E-state index contributed by atoms with van der Waals surface area (Å²) in [5, 5.41) is 4.27. The van der Waals surface area contributed by atoms with Gasteiger partial charge in [-0.2, -0.15) is 5.10 Å². The van der Waals surface area contributed by atoms with Crippen molar-refractivity contribution in [1.82, 2.24) is 9.61 Å². The fourth-order valence-electron chi connectivity index (χ4n) is 4.34. The van der Waals surface area contributed by atoms with Gasteiger partial charge in [0.2, 0.25) is 0 Å². The third kappa shape index (κ3) is 4.97. The van der Waals surface area contributed by atoms with Gasteiger partial charge in [0.25, 0.3) is 0 Å². The number of aromatic nitrogens is 2. The Morgan fingerprint density at radius 1 is 1.20 bits per heavy atom. The first kappa shape index (κ1) is 25.3. The summed E-state index contributed by atoms with van der Waals surface area (Å²) in [5.74, 6) is -1.38. The molecule has 4 rings (SSSR count). The number of hydrogen-bond donors (Lipinski definition) is 0. The first-order valence-corrected chi connectivity index (χ1v) is 14.9. The minimum Gasteiger partial charge on any atom is -0.462 e. The number of fused-ring (bicyclic) bond motifs is 1. The first-order chi connectivity index (χ1) is 16.4. The topological polar surface area (TPSA) is 56.1 Å². The van der Waals surface area contributed by atoms with E-state index in [0.29, 0.717) is 29.6 Å². The Morgan fingerprint density at radius 2 is 1.94 bits per heavy atom. The fourth-order valence-corrected chi connectivity index (χ4v) is 5.70. The Bertz CT molecular complexity index is 1240. The molecule has 3 aromatic rings. The Morgan fingerprint density at radius 3 is 2.63 bits per heavy atom. The van der Waals surface area contributed by atoms with Gasteiger partial charge in [-0.1, -0.05) is 20.8 Å². The molecular weight excluding hydrogens is 468 g/mol. The van der Waals surface area contributed by atoms with Crippen molar-refractivity contribution in [3.63, 3.8) is 0 Å². The zero-order valence-electron chi connectivity index (χ0n) is 21.1. The number of hydrogen-bond acceptors (Lipinski definition) is 5. The zero-order chi connectivity index (χ0) is 25.5. The van der Waals surface area contributed by atoms with E-state index in [-0.39, 0.29) is 17.7 Å². The largest absolute Gasteiger partial charge is 0.462 e. The van der Waals surface area contributed by atoms with Crippen LogP contribution in [-0.2, 0) is 9.16 Å². The van der Waals surface area contributed by atoms with E-state index in [9.17, 15) is 13.6 Å². The van der Waals surface area contributed by atoms with E-state index in [1.54, 1.807) is 17.6 Å². The van der Waals surface area contributed by atoms with Crippen LogP contribution in [0.2, 0.25) is 18.1 Å². The lowest BCUT2D eigenvalue weighted by Gasteiger charge is -2.38. The van der Waals surface area contributed by atoms with Crippen LogP contribution in [-0.4, -0.2) is 43.2 Å².